The molecule has 4 nitrogen and oxygen atoms in total. The summed E-state index contributed by atoms with van der Waals surface area (Å²) in [5.41, 5.74) is 0.925. The Kier molecular flexibility index (Phi) is 5.54. The van der Waals surface area contributed by atoms with Crippen molar-refractivity contribution in [2.75, 3.05) is 32.8 Å². The third-order valence-corrected chi connectivity index (χ3v) is 4.06. The van der Waals surface area contributed by atoms with Crippen LogP contribution in [0.2, 0.25) is 0 Å². The summed E-state index contributed by atoms with van der Waals surface area (Å²) in [6.45, 7) is 3.52. The van der Waals surface area contributed by atoms with Crippen LogP contribution in [0.4, 0.5) is 0 Å². The van der Waals surface area contributed by atoms with Crippen molar-refractivity contribution in [1.82, 2.24) is 10.2 Å². The second-order valence-electron chi connectivity index (χ2n) is 5.42. The first-order chi connectivity index (χ1) is 9.78. The van der Waals surface area contributed by atoms with Gasteiger partial charge in [0.2, 0.25) is 0 Å². The maximum Gasteiger partial charge on any atom is 0.109 e. The zero-order valence-corrected chi connectivity index (χ0v) is 11.9. The van der Waals surface area contributed by atoms with Crippen LogP contribution in [0.3, 0.4) is 0 Å². The molecule has 0 radical (unpaired) electrons. The fourth-order valence-corrected chi connectivity index (χ4v) is 2.71. The Morgan fingerprint density at radius 1 is 1.25 bits per heavy atom. The molecule has 1 aliphatic heterocycles. The smallest absolute Gasteiger partial charge is 0.109 e. The van der Waals surface area contributed by atoms with E-state index in [-0.39, 0.29) is 6.61 Å². The predicted octanol–water partition coefficient (Wildman–Crippen LogP) is 1.17. The third-order valence-electron chi connectivity index (χ3n) is 4.06. The summed E-state index contributed by atoms with van der Waals surface area (Å²) >= 11 is 0. The zero-order chi connectivity index (χ0) is 14.3. The summed E-state index contributed by atoms with van der Waals surface area (Å²) in [5, 5.41) is 21.4. The van der Waals surface area contributed by atoms with Gasteiger partial charge in [0.25, 0.3) is 0 Å². The molecule has 0 bridgehead atoms. The number of aliphatic hydroxyl groups is 1. The van der Waals surface area contributed by atoms with E-state index in [9.17, 15) is 5.26 Å². The number of β-amino-alcohol motifs (C(OH)–C–C–N with tert-alkyl or cyclic N) is 1. The van der Waals surface area contributed by atoms with E-state index in [2.05, 4.69) is 40.6 Å². The summed E-state index contributed by atoms with van der Waals surface area (Å²) in [7, 11) is 0. The third kappa shape index (κ3) is 4.04. The first kappa shape index (κ1) is 15.0. The van der Waals surface area contributed by atoms with Crippen molar-refractivity contribution < 1.29 is 5.11 Å². The number of rotatable bonds is 6. The number of benzene rings is 1. The molecule has 1 saturated heterocycles. The Labute approximate surface area is 121 Å². The van der Waals surface area contributed by atoms with Gasteiger partial charge >= 0.3 is 0 Å². The van der Waals surface area contributed by atoms with E-state index in [0.29, 0.717) is 6.54 Å². The lowest BCUT2D eigenvalue weighted by Crippen LogP contribution is -2.53. The maximum absolute atomic E-state index is 9.35. The molecule has 1 fully saturated rings. The van der Waals surface area contributed by atoms with Crippen LogP contribution in [0.1, 0.15) is 18.4 Å². The summed E-state index contributed by atoms with van der Waals surface area (Å²) in [5.74, 6) is 0. The van der Waals surface area contributed by atoms with E-state index in [0.717, 1.165) is 38.9 Å². The van der Waals surface area contributed by atoms with E-state index in [1.807, 2.05) is 6.07 Å². The molecule has 2 N–H and O–H groups in total. The number of hydrogen-bond donors (Lipinski definition) is 2. The molecule has 108 valence electrons. The zero-order valence-electron chi connectivity index (χ0n) is 11.9. The summed E-state index contributed by atoms with van der Waals surface area (Å²) < 4.78 is 0. The molecule has 1 aromatic carbocycles. The van der Waals surface area contributed by atoms with Gasteiger partial charge in [-0.1, -0.05) is 30.3 Å². The Hall–Kier alpha value is -1.41. The number of nitriles is 1. The molecule has 0 aliphatic carbocycles. The molecule has 1 aromatic rings. The quantitative estimate of drug-likeness (QED) is 0.817. The number of piperidine rings is 1. The van der Waals surface area contributed by atoms with Crippen molar-refractivity contribution in [3.05, 3.63) is 35.9 Å². The number of hydrogen-bond acceptors (Lipinski definition) is 4. The Balaban J connectivity index is 1.78. The van der Waals surface area contributed by atoms with Crippen molar-refractivity contribution in [1.29, 1.82) is 5.26 Å². The number of aliphatic hydroxyl groups excluding tert-OH is 1. The van der Waals surface area contributed by atoms with E-state index >= 15 is 0 Å². The van der Waals surface area contributed by atoms with Crippen LogP contribution < -0.4 is 5.32 Å². The molecule has 0 saturated carbocycles. The molecule has 2 rings (SSSR count). The molecule has 0 amide bonds. The van der Waals surface area contributed by atoms with Crippen LogP contribution in [0.25, 0.3) is 0 Å². The number of nitrogens with zero attached hydrogens (tertiary/aromatic N) is 2. The molecular weight excluding hydrogens is 250 g/mol. The molecule has 1 aliphatic rings. The second-order valence-corrected chi connectivity index (χ2v) is 5.42. The summed E-state index contributed by atoms with van der Waals surface area (Å²) in [6, 6.07) is 12.9. The van der Waals surface area contributed by atoms with E-state index in [4.69, 9.17) is 5.11 Å². The Morgan fingerprint density at radius 2 is 1.95 bits per heavy atom. The van der Waals surface area contributed by atoms with E-state index < -0.39 is 5.54 Å². The first-order valence-electron chi connectivity index (χ1n) is 7.31. The minimum absolute atomic E-state index is 0.0845. The van der Waals surface area contributed by atoms with Gasteiger partial charge in [0.1, 0.15) is 5.54 Å². The topological polar surface area (TPSA) is 59.3 Å². The SMILES string of the molecule is N#CC1(NCCO)CCN(CCc2ccccc2)CC1. The molecule has 1 heterocycles. The van der Waals surface area contributed by atoms with Crippen LogP contribution >= 0.6 is 0 Å². The van der Waals surface area contributed by atoms with Crippen molar-refractivity contribution >= 4 is 0 Å². The number of nitrogens with one attached hydrogen (secondary N) is 1. The van der Waals surface area contributed by atoms with Gasteiger partial charge in [0, 0.05) is 26.2 Å². The first-order valence-corrected chi connectivity index (χ1v) is 7.31. The van der Waals surface area contributed by atoms with Gasteiger partial charge in [0.15, 0.2) is 0 Å². The minimum Gasteiger partial charge on any atom is -0.395 e. The highest BCUT2D eigenvalue weighted by atomic mass is 16.3. The largest absolute Gasteiger partial charge is 0.395 e. The van der Waals surface area contributed by atoms with Crippen LogP contribution in [0.5, 0.6) is 0 Å². The number of likely N-dealkylation sites (tertiary alicyclic amines) is 1. The molecule has 0 unspecified atom stereocenters. The van der Waals surface area contributed by atoms with E-state index in [1.165, 1.54) is 5.56 Å². The minimum atomic E-state index is -0.439. The molecule has 0 aromatic heterocycles. The van der Waals surface area contributed by atoms with Crippen LogP contribution in [0.15, 0.2) is 30.3 Å². The molecular formula is C16H23N3O. The fourth-order valence-electron chi connectivity index (χ4n) is 2.71. The lowest BCUT2D eigenvalue weighted by atomic mass is 9.89. The van der Waals surface area contributed by atoms with Crippen molar-refractivity contribution in [2.24, 2.45) is 0 Å². The van der Waals surface area contributed by atoms with Crippen molar-refractivity contribution in [2.45, 2.75) is 24.8 Å². The second kappa shape index (κ2) is 7.39. The highest BCUT2D eigenvalue weighted by Gasteiger charge is 2.33. The highest BCUT2D eigenvalue weighted by molar-refractivity contribution is 5.15. The van der Waals surface area contributed by atoms with Gasteiger partial charge in [0.05, 0.1) is 12.7 Å². The average molecular weight is 273 g/mol. The Morgan fingerprint density at radius 3 is 2.55 bits per heavy atom. The predicted molar refractivity (Wildman–Crippen MR) is 79.3 cm³/mol. The lowest BCUT2D eigenvalue weighted by Gasteiger charge is -2.37. The van der Waals surface area contributed by atoms with Gasteiger partial charge in [-0.25, -0.2) is 0 Å². The van der Waals surface area contributed by atoms with Gasteiger partial charge in [-0.15, -0.1) is 0 Å². The van der Waals surface area contributed by atoms with E-state index in [1.54, 1.807) is 0 Å². The maximum atomic E-state index is 9.35. The molecule has 4 heteroatoms. The standard InChI is InChI=1S/C16H23N3O/c17-14-16(18-9-13-20)7-11-19(12-8-16)10-6-15-4-2-1-3-5-15/h1-5,18,20H,6-13H2. The summed E-state index contributed by atoms with van der Waals surface area (Å²) in [6.07, 6.45) is 2.72. The average Bonchev–Trinajstić information content (AvgIpc) is 2.53. The van der Waals surface area contributed by atoms with Gasteiger partial charge in [-0.05, 0) is 24.8 Å². The van der Waals surface area contributed by atoms with Crippen LogP contribution in [-0.2, 0) is 6.42 Å². The van der Waals surface area contributed by atoms with Crippen LogP contribution in [0, 0.1) is 11.3 Å². The molecule has 0 spiro atoms. The molecule has 20 heavy (non-hydrogen) atoms. The monoisotopic (exact) mass is 273 g/mol. The molecule has 0 atom stereocenters. The van der Waals surface area contributed by atoms with Gasteiger partial charge < -0.3 is 10.0 Å². The van der Waals surface area contributed by atoms with Crippen LogP contribution in [-0.4, -0.2) is 48.3 Å². The van der Waals surface area contributed by atoms with Gasteiger partial charge in [-0.2, -0.15) is 5.26 Å². The van der Waals surface area contributed by atoms with Crippen molar-refractivity contribution in [3.63, 3.8) is 0 Å². The van der Waals surface area contributed by atoms with Gasteiger partial charge in [-0.3, -0.25) is 5.32 Å². The lowest BCUT2D eigenvalue weighted by molar-refractivity contribution is 0.161. The highest BCUT2D eigenvalue weighted by Crippen LogP contribution is 2.21. The normalized spacial score (nSPS) is 18.6. The fraction of sp³-hybridized carbons (Fsp3) is 0.562. The van der Waals surface area contributed by atoms with Crippen molar-refractivity contribution in [3.8, 4) is 6.07 Å². The summed E-state index contributed by atoms with van der Waals surface area (Å²) in [4.78, 5) is 2.42. The Bertz CT molecular complexity index is 433.